The quantitative estimate of drug-likeness (QED) is 0.725. The van der Waals surface area contributed by atoms with Gasteiger partial charge in [-0.2, -0.15) is 0 Å². The number of nitrogen functional groups attached to an aromatic ring is 1. The van der Waals surface area contributed by atoms with Crippen molar-refractivity contribution in [1.82, 2.24) is 4.98 Å². The van der Waals surface area contributed by atoms with Crippen LogP contribution in [-0.2, 0) is 6.42 Å². The average molecular weight is 178 g/mol. The van der Waals surface area contributed by atoms with E-state index in [9.17, 15) is 5.11 Å². The lowest BCUT2D eigenvalue weighted by molar-refractivity contribution is 0.151. The summed E-state index contributed by atoms with van der Waals surface area (Å²) in [4.78, 5) is 3.99. The molecule has 0 spiro atoms. The maximum absolute atomic E-state index is 9.68. The maximum atomic E-state index is 9.68. The molecule has 1 aromatic heterocycles. The topological polar surface area (TPSA) is 59.1 Å². The molecule has 0 radical (unpaired) electrons. The molecule has 3 N–H and O–H groups in total. The van der Waals surface area contributed by atoms with Crippen molar-refractivity contribution in [3.05, 3.63) is 24.0 Å². The molecule has 2 rings (SSSR count). The monoisotopic (exact) mass is 178 g/mol. The van der Waals surface area contributed by atoms with Crippen LogP contribution in [0.5, 0.6) is 0 Å². The Bertz CT molecular complexity index is 297. The Balaban J connectivity index is 2.03. The van der Waals surface area contributed by atoms with E-state index in [-0.39, 0.29) is 6.10 Å². The molecule has 1 aliphatic carbocycles. The van der Waals surface area contributed by atoms with Crippen molar-refractivity contribution >= 4 is 5.69 Å². The zero-order chi connectivity index (χ0) is 9.26. The van der Waals surface area contributed by atoms with Gasteiger partial charge in [0, 0.05) is 24.5 Å². The fourth-order valence-electron chi connectivity index (χ4n) is 1.48. The number of aromatic nitrogens is 1. The molecule has 0 aromatic carbocycles. The van der Waals surface area contributed by atoms with Crippen molar-refractivity contribution in [2.45, 2.75) is 25.4 Å². The third-order valence-electron chi connectivity index (χ3n) is 2.54. The van der Waals surface area contributed by atoms with Crippen LogP contribution in [0.4, 0.5) is 5.69 Å². The second-order valence-electron chi connectivity index (χ2n) is 3.68. The lowest BCUT2D eigenvalue weighted by atomic mass is 10.1. The van der Waals surface area contributed by atoms with Crippen LogP contribution in [0.1, 0.15) is 18.4 Å². The Labute approximate surface area is 77.6 Å². The highest BCUT2D eigenvalue weighted by atomic mass is 16.3. The molecule has 1 atom stereocenters. The van der Waals surface area contributed by atoms with Crippen LogP contribution < -0.4 is 5.73 Å². The van der Waals surface area contributed by atoms with Gasteiger partial charge in [0.05, 0.1) is 6.10 Å². The van der Waals surface area contributed by atoms with Gasteiger partial charge in [0.2, 0.25) is 0 Å². The van der Waals surface area contributed by atoms with Gasteiger partial charge in [0.25, 0.3) is 0 Å². The standard InChI is InChI=1S/C10H14N2O/c11-9-3-4-12-6-8(9)5-10(13)7-1-2-7/h3-4,6-7,10,13H,1-2,5H2,(H2,11,12). The predicted octanol–water partition coefficient (Wildman–Crippen LogP) is 0.977. The fraction of sp³-hybridized carbons (Fsp3) is 0.500. The molecule has 0 aliphatic heterocycles. The number of hydrogen-bond donors (Lipinski definition) is 2. The first-order valence-corrected chi connectivity index (χ1v) is 4.64. The molecule has 1 saturated carbocycles. The number of nitrogens with zero attached hydrogens (tertiary/aromatic N) is 1. The van der Waals surface area contributed by atoms with Gasteiger partial charge in [0.15, 0.2) is 0 Å². The summed E-state index contributed by atoms with van der Waals surface area (Å²) in [6.07, 6.45) is 6.13. The van der Waals surface area contributed by atoms with Crippen LogP contribution in [0.15, 0.2) is 18.5 Å². The summed E-state index contributed by atoms with van der Waals surface area (Å²) in [6, 6.07) is 1.77. The first-order valence-electron chi connectivity index (χ1n) is 4.64. The first kappa shape index (κ1) is 8.51. The molecule has 1 fully saturated rings. The lowest BCUT2D eigenvalue weighted by Crippen LogP contribution is -2.14. The summed E-state index contributed by atoms with van der Waals surface area (Å²) < 4.78 is 0. The third kappa shape index (κ3) is 1.98. The molecular formula is C10H14N2O. The van der Waals surface area contributed by atoms with Gasteiger partial charge in [0.1, 0.15) is 0 Å². The number of hydrogen-bond acceptors (Lipinski definition) is 3. The zero-order valence-corrected chi connectivity index (χ0v) is 7.48. The van der Waals surface area contributed by atoms with E-state index in [2.05, 4.69) is 4.98 Å². The van der Waals surface area contributed by atoms with Crippen LogP contribution in [0.25, 0.3) is 0 Å². The zero-order valence-electron chi connectivity index (χ0n) is 7.48. The largest absolute Gasteiger partial charge is 0.398 e. The normalized spacial score (nSPS) is 18.5. The molecule has 0 bridgehead atoms. The van der Waals surface area contributed by atoms with Gasteiger partial charge in [-0.15, -0.1) is 0 Å². The number of anilines is 1. The average Bonchev–Trinajstić information content (AvgIpc) is 2.91. The Morgan fingerprint density at radius 1 is 1.62 bits per heavy atom. The highest BCUT2D eigenvalue weighted by molar-refractivity contribution is 5.44. The summed E-state index contributed by atoms with van der Waals surface area (Å²) in [7, 11) is 0. The minimum atomic E-state index is -0.230. The Morgan fingerprint density at radius 3 is 3.00 bits per heavy atom. The van der Waals surface area contributed by atoms with Crippen LogP contribution >= 0.6 is 0 Å². The number of pyridine rings is 1. The highest BCUT2D eigenvalue weighted by Gasteiger charge is 2.29. The van der Waals surface area contributed by atoms with Crippen molar-refractivity contribution in [1.29, 1.82) is 0 Å². The minimum absolute atomic E-state index is 0.230. The Morgan fingerprint density at radius 2 is 2.38 bits per heavy atom. The van der Waals surface area contributed by atoms with Gasteiger partial charge < -0.3 is 10.8 Å². The second-order valence-corrected chi connectivity index (χ2v) is 3.68. The summed E-state index contributed by atoms with van der Waals surface area (Å²) in [5.41, 5.74) is 7.43. The van der Waals surface area contributed by atoms with E-state index in [1.54, 1.807) is 18.5 Å². The van der Waals surface area contributed by atoms with Gasteiger partial charge in [-0.1, -0.05) is 0 Å². The van der Waals surface area contributed by atoms with Crippen LogP contribution in [0.2, 0.25) is 0 Å². The van der Waals surface area contributed by atoms with Crippen molar-refractivity contribution in [3.63, 3.8) is 0 Å². The fourth-order valence-corrected chi connectivity index (χ4v) is 1.48. The number of nitrogens with two attached hydrogens (primary N) is 1. The molecule has 1 aliphatic rings. The van der Waals surface area contributed by atoms with Gasteiger partial charge >= 0.3 is 0 Å². The molecule has 3 nitrogen and oxygen atoms in total. The van der Waals surface area contributed by atoms with Crippen LogP contribution in [0, 0.1) is 5.92 Å². The highest BCUT2D eigenvalue weighted by Crippen LogP contribution is 2.34. The SMILES string of the molecule is Nc1ccncc1CC(O)C1CC1. The molecule has 1 unspecified atom stereocenters. The minimum Gasteiger partial charge on any atom is -0.398 e. The summed E-state index contributed by atoms with van der Waals surface area (Å²) >= 11 is 0. The van der Waals surface area contributed by atoms with Gasteiger partial charge in [-0.3, -0.25) is 4.98 Å². The molecule has 1 heterocycles. The number of aliphatic hydroxyl groups excluding tert-OH is 1. The van der Waals surface area contributed by atoms with E-state index in [4.69, 9.17) is 5.73 Å². The number of rotatable bonds is 3. The molecule has 0 saturated heterocycles. The van der Waals surface area contributed by atoms with E-state index in [0.717, 1.165) is 24.1 Å². The first-order chi connectivity index (χ1) is 6.27. The van der Waals surface area contributed by atoms with Crippen molar-refractivity contribution in [2.75, 3.05) is 5.73 Å². The van der Waals surface area contributed by atoms with E-state index in [1.165, 1.54) is 0 Å². The van der Waals surface area contributed by atoms with E-state index >= 15 is 0 Å². The molecule has 3 heteroatoms. The van der Waals surface area contributed by atoms with Crippen molar-refractivity contribution < 1.29 is 5.11 Å². The predicted molar refractivity (Wildman–Crippen MR) is 51.1 cm³/mol. The Kier molecular flexibility index (Phi) is 2.19. The van der Waals surface area contributed by atoms with Gasteiger partial charge in [-0.05, 0) is 30.4 Å². The second kappa shape index (κ2) is 3.34. The molecule has 0 amide bonds. The third-order valence-corrected chi connectivity index (χ3v) is 2.54. The molecular weight excluding hydrogens is 164 g/mol. The van der Waals surface area contributed by atoms with E-state index < -0.39 is 0 Å². The summed E-state index contributed by atoms with van der Waals surface area (Å²) in [6.45, 7) is 0. The smallest absolute Gasteiger partial charge is 0.0610 e. The number of aliphatic hydroxyl groups is 1. The van der Waals surface area contributed by atoms with Crippen molar-refractivity contribution in [2.24, 2.45) is 5.92 Å². The molecule has 13 heavy (non-hydrogen) atoms. The van der Waals surface area contributed by atoms with Crippen LogP contribution in [0.3, 0.4) is 0 Å². The lowest BCUT2D eigenvalue weighted by Gasteiger charge is -2.10. The maximum Gasteiger partial charge on any atom is 0.0610 e. The molecule has 1 aromatic rings. The van der Waals surface area contributed by atoms with E-state index in [1.807, 2.05) is 0 Å². The van der Waals surface area contributed by atoms with Gasteiger partial charge in [-0.25, -0.2) is 0 Å². The van der Waals surface area contributed by atoms with E-state index in [0.29, 0.717) is 12.3 Å². The Hall–Kier alpha value is -1.09. The van der Waals surface area contributed by atoms with Crippen molar-refractivity contribution in [3.8, 4) is 0 Å². The molecule has 70 valence electrons. The summed E-state index contributed by atoms with van der Waals surface area (Å²) in [5.74, 6) is 0.500. The summed E-state index contributed by atoms with van der Waals surface area (Å²) in [5, 5.41) is 9.68. The van der Waals surface area contributed by atoms with Crippen LogP contribution in [-0.4, -0.2) is 16.2 Å².